The molecule has 0 radical (unpaired) electrons. The van der Waals surface area contributed by atoms with Crippen LogP contribution in [0.5, 0.6) is 0 Å². The second-order valence-electron chi connectivity index (χ2n) is 3.99. The fourth-order valence-corrected chi connectivity index (χ4v) is 3.37. The van der Waals surface area contributed by atoms with Gasteiger partial charge in [-0.3, -0.25) is 16.0 Å². The van der Waals surface area contributed by atoms with Crippen molar-refractivity contribution in [2.24, 2.45) is 12.9 Å². The number of halogens is 1. The zero-order chi connectivity index (χ0) is 12.4. The van der Waals surface area contributed by atoms with Crippen LogP contribution in [0.1, 0.15) is 22.3 Å². The summed E-state index contributed by atoms with van der Waals surface area (Å²) in [5, 5.41) is 6.42. The lowest BCUT2D eigenvalue weighted by molar-refractivity contribution is 0.511. The molecular formula is C11H15BrN4S. The zero-order valence-corrected chi connectivity index (χ0v) is 12.2. The van der Waals surface area contributed by atoms with Crippen molar-refractivity contribution in [1.29, 1.82) is 0 Å². The van der Waals surface area contributed by atoms with E-state index >= 15 is 0 Å². The lowest BCUT2D eigenvalue weighted by atomic mass is 10.1. The van der Waals surface area contributed by atoms with Gasteiger partial charge in [0.25, 0.3) is 0 Å². The van der Waals surface area contributed by atoms with Crippen molar-refractivity contribution < 1.29 is 0 Å². The summed E-state index contributed by atoms with van der Waals surface area (Å²) in [6.07, 6.45) is 0.867. The number of hydrogen-bond acceptors (Lipinski definition) is 4. The normalized spacial score (nSPS) is 12.9. The Balaban J connectivity index is 2.19. The molecule has 2 aromatic rings. The van der Waals surface area contributed by atoms with Crippen molar-refractivity contribution in [1.82, 2.24) is 15.2 Å². The Morgan fingerprint density at radius 1 is 1.59 bits per heavy atom. The monoisotopic (exact) mass is 314 g/mol. The molecule has 1 atom stereocenters. The van der Waals surface area contributed by atoms with Crippen molar-refractivity contribution in [3.8, 4) is 0 Å². The number of nitrogens with two attached hydrogens (primary N) is 1. The third-order valence-corrected chi connectivity index (χ3v) is 4.34. The smallest absolute Gasteiger partial charge is 0.0677 e. The number of aromatic nitrogens is 2. The van der Waals surface area contributed by atoms with Gasteiger partial charge in [-0.1, -0.05) is 0 Å². The molecule has 0 aliphatic rings. The van der Waals surface area contributed by atoms with Crippen molar-refractivity contribution in [2.75, 3.05) is 0 Å². The van der Waals surface area contributed by atoms with Gasteiger partial charge in [0.15, 0.2) is 0 Å². The summed E-state index contributed by atoms with van der Waals surface area (Å²) in [5.74, 6) is 5.64. The van der Waals surface area contributed by atoms with E-state index < -0.39 is 0 Å². The molecule has 1 unspecified atom stereocenters. The van der Waals surface area contributed by atoms with Crippen LogP contribution in [0.25, 0.3) is 0 Å². The topological polar surface area (TPSA) is 55.9 Å². The first-order valence-electron chi connectivity index (χ1n) is 5.29. The molecule has 0 saturated carbocycles. The van der Waals surface area contributed by atoms with E-state index in [1.807, 2.05) is 18.7 Å². The van der Waals surface area contributed by atoms with E-state index in [2.05, 4.69) is 44.0 Å². The van der Waals surface area contributed by atoms with Gasteiger partial charge >= 0.3 is 0 Å². The third-order valence-electron chi connectivity index (χ3n) is 2.62. The minimum absolute atomic E-state index is 0.0896. The standard InChI is InChI=1S/C11H15BrN4S/c1-7-3-11(16(2)15-7)10(14-13)5-9-4-8(12)6-17-9/h3-4,6,10,14H,5,13H2,1-2H3. The summed E-state index contributed by atoms with van der Waals surface area (Å²) in [4.78, 5) is 1.29. The summed E-state index contributed by atoms with van der Waals surface area (Å²) in [6, 6.07) is 4.28. The molecule has 0 aliphatic carbocycles. The van der Waals surface area contributed by atoms with E-state index in [1.165, 1.54) is 4.88 Å². The Kier molecular flexibility index (Phi) is 3.98. The lowest BCUT2D eigenvalue weighted by Gasteiger charge is -2.15. The van der Waals surface area contributed by atoms with Crippen molar-refractivity contribution in [3.63, 3.8) is 0 Å². The first-order valence-corrected chi connectivity index (χ1v) is 6.97. The summed E-state index contributed by atoms with van der Waals surface area (Å²) in [5.41, 5.74) is 4.98. The fraction of sp³-hybridized carbons (Fsp3) is 0.364. The molecule has 0 aromatic carbocycles. The van der Waals surface area contributed by atoms with Crippen LogP contribution in [0.3, 0.4) is 0 Å². The van der Waals surface area contributed by atoms with Crippen LogP contribution in [0.15, 0.2) is 22.0 Å². The summed E-state index contributed by atoms with van der Waals surface area (Å²) in [6.45, 7) is 1.98. The number of aryl methyl sites for hydroxylation is 2. The van der Waals surface area contributed by atoms with E-state index in [9.17, 15) is 0 Å². The molecule has 6 heteroatoms. The number of rotatable bonds is 4. The molecule has 0 fully saturated rings. The average Bonchev–Trinajstić information content (AvgIpc) is 2.82. The molecule has 0 saturated heterocycles. The minimum atomic E-state index is 0.0896. The Labute approximate surface area is 113 Å². The van der Waals surface area contributed by atoms with Crippen molar-refractivity contribution >= 4 is 27.3 Å². The zero-order valence-electron chi connectivity index (χ0n) is 9.77. The molecule has 0 amide bonds. The first kappa shape index (κ1) is 12.8. The van der Waals surface area contributed by atoms with Gasteiger partial charge in [-0.05, 0) is 35.0 Å². The van der Waals surface area contributed by atoms with Gasteiger partial charge in [-0.15, -0.1) is 11.3 Å². The van der Waals surface area contributed by atoms with Crippen molar-refractivity contribution in [2.45, 2.75) is 19.4 Å². The van der Waals surface area contributed by atoms with Crippen molar-refractivity contribution in [3.05, 3.63) is 38.3 Å². The van der Waals surface area contributed by atoms with Crippen LogP contribution in [0.2, 0.25) is 0 Å². The molecule has 2 aromatic heterocycles. The van der Waals surface area contributed by atoms with E-state index in [-0.39, 0.29) is 6.04 Å². The largest absolute Gasteiger partial charge is 0.271 e. The van der Waals surface area contributed by atoms with Gasteiger partial charge in [0.1, 0.15) is 0 Å². The van der Waals surface area contributed by atoms with E-state index in [0.29, 0.717) is 0 Å². The molecule has 4 nitrogen and oxygen atoms in total. The second-order valence-corrected chi connectivity index (χ2v) is 5.90. The van der Waals surface area contributed by atoms with Gasteiger partial charge in [-0.25, -0.2) is 0 Å². The van der Waals surface area contributed by atoms with Crippen LogP contribution in [0, 0.1) is 6.92 Å². The highest BCUT2D eigenvalue weighted by Gasteiger charge is 2.16. The first-order chi connectivity index (χ1) is 8.10. The second kappa shape index (κ2) is 5.30. The lowest BCUT2D eigenvalue weighted by Crippen LogP contribution is -2.30. The SMILES string of the molecule is Cc1cc(C(Cc2cc(Br)cs2)NN)n(C)n1. The number of hydrogen-bond donors (Lipinski definition) is 2. The molecular weight excluding hydrogens is 300 g/mol. The number of thiophene rings is 1. The highest BCUT2D eigenvalue weighted by atomic mass is 79.9. The number of nitrogens with one attached hydrogen (secondary N) is 1. The Hall–Kier alpha value is -0.690. The molecule has 0 spiro atoms. The summed E-state index contributed by atoms with van der Waals surface area (Å²) < 4.78 is 3.00. The molecule has 2 heterocycles. The highest BCUT2D eigenvalue weighted by Crippen LogP contribution is 2.25. The maximum Gasteiger partial charge on any atom is 0.0677 e. The van der Waals surface area contributed by atoms with Gasteiger partial charge in [0.2, 0.25) is 0 Å². The summed E-state index contributed by atoms with van der Waals surface area (Å²) in [7, 11) is 1.94. The molecule has 0 bridgehead atoms. The Bertz CT molecular complexity index is 505. The van der Waals surface area contributed by atoms with E-state index in [4.69, 9.17) is 5.84 Å². The van der Waals surface area contributed by atoms with Gasteiger partial charge in [0.05, 0.1) is 17.4 Å². The quantitative estimate of drug-likeness (QED) is 0.672. The third kappa shape index (κ3) is 2.95. The van der Waals surface area contributed by atoms with E-state index in [0.717, 1.165) is 22.3 Å². The number of hydrazine groups is 1. The van der Waals surface area contributed by atoms with Crippen LogP contribution in [-0.4, -0.2) is 9.78 Å². The highest BCUT2D eigenvalue weighted by molar-refractivity contribution is 9.10. The van der Waals surface area contributed by atoms with Crippen LogP contribution in [-0.2, 0) is 13.5 Å². The van der Waals surface area contributed by atoms with Gasteiger partial charge < -0.3 is 0 Å². The maximum atomic E-state index is 5.64. The molecule has 92 valence electrons. The summed E-state index contributed by atoms with van der Waals surface area (Å²) >= 11 is 5.19. The average molecular weight is 315 g/mol. The Morgan fingerprint density at radius 3 is 2.82 bits per heavy atom. The molecule has 17 heavy (non-hydrogen) atoms. The molecule has 0 aliphatic heterocycles. The Morgan fingerprint density at radius 2 is 2.35 bits per heavy atom. The van der Waals surface area contributed by atoms with E-state index in [1.54, 1.807) is 11.3 Å². The van der Waals surface area contributed by atoms with Crippen LogP contribution < -0.4 is 11.3 Å². The minimum Gasteiger partial charge on any atom is -0.271 e. The molecule has 3 N–H and O–H groups in total. The predicted molar refractivity (Wildman–Crippen MR) is 73.7 cm³/mol. The van der Waals surface area contributed by atoms with Crippen LogP contribution in [0.4, 0.5) is 0 Å². The predicted octanol–water partition coefficient (Wildman–Crippen LogP) is 2.30. The number of nitrogens with zero attached hydrogens (tertiary/aromatic N) is 2. The van der Waals surface area contributed by atoms with Gasteiger partial charge in [-0.2, -0.15) is 5.10 Å². The van der Waals surface area contributed by atoms with Gasteiger partial charge in [0, 0.05) is 28.2 Å². The van der Waals surface area contributed by atoms with Crippen LogP contribution >= 0.6 is 27.3 Å². The fourth-order valence-electron chi connectivity index (χ4n) is 1.87. The molecule has 2 rings (SSSR count). The maximum absolute atomic E-state index is 5.64.